The highest BCUT2D eigenvalue weighted by Gasteiger charge is 2.19. The molecule has 0 fully saturated rings. The lowest BCUT2D eigenvalue weighted by molar-refractivity contribution is -0.385. The lowest BCUT2D eigenvalue weighted by Gasteiger charge is -2.08. The van der Waals surface area contributed by atoms with Crippen LogP contribution in [0, 0.1) is 10.1 Å². The van der Waals surface area contributed by atoms with Crippen LogP contribution in [0.2, 0.25) is 0 Å². The van der Waals surface area contributed by atoms with Crippen LogP contribution in [0.3, 0.4) is 0 Å². The molecular weight excluding hydrogens is 268 g/mol. The third kappa shape index (κ3) is 3.82. The van der Waals surface area contributed by atoms with Gasteiger partial charge in [0.2, 0.25) is 5.75 Å². The number of nitro benzene ring substituents is 1. The quantitative estimate of drug-likeness (QED) is 0.617. The maximum atomic E-state index is 11.4. The molecule has 5 nitrogen and oxygen atoms in total. The van der Waals surface area contributed by atoms with Crippen molar-refractivity contribution in [1.29, 1.82) is 0 Å². The van der Waals surface area contributed by atoms with E-state index in [2.05, 4.69) is 0 Å². The second kappa shape index (κ2) is 6.56. The molecule has 0 aliphatic rings. The summed E-state index contributed by atoms with van der Waals surface area (Å²) in [5.41, 5.74) is 0.460. The van der Waals surface area contributed by atoms with Gasteiger partial charge in [0.05, 0.1) is 10.5 Å². The second-order valence-electron chi connectivity index (χ2n) is 4.65. The van der Waals surface area contributed by atoms with Crippen molar-refractivity contribution >= 4 is 11.8 Å². The number of nitro groups is 1. The molecule has 5 heteroatoms. The van der Waals surface area contributed by atoms with Gasteiger partial charge in [0.1, 0.15) is 5.75 Å². The van der Waals surface area contributed by atoms with Gasteiger partial charge in [-0.15, -0.1) is 0 Å². The fraction of sp³-hybridized carbons (Fsp3) is 0.125. The average Bonchev–Trinajstić information content (AvgIpc) is 2.46. The van der Waals surface area contributed by atoms with Gasteiger partial charge in [-0.3, -0.25) is 10.1 Å². The average molecular weight is 284 g/mol. The van der Waals surface area contributed by atoms with E-state index in [9.17, 15) is 10.1 Å². The molecule has 0 saturated heterocycles. The number of hydrogen-bond acceptors (Lipinski definition) is 4. The van der Waals surface area contributed by atoms with Crippen molar-refractivity contribution in [3.8, 4) is 11.5 Å². The van der Waals surface area contributed by atoms with Crippen LogP contribution in [0.4, 0.5) is 5.69 Å². The molecule has 0 heterocycles. The Bertz CT molecular complexity index is 652. The van der Waals surface area contributed by atoms with E-state index in [0.29, 0.717) is 11.3 Å². The molecule has 0 radical (unpaired) electrons. The molecule has 21 heavy (non-hydrogen) atoms. The van der Waals surface area contributed by atoms with Crippen molar-refractivity contribution in [2.24, 2.45) is 0 Å². The fourth-order valence-electron chi connectivity index (χ4n) is 1.80. The van der Waals surface area contributed by atoms with Crippen LogP contribution in [-0.2, 0) is 0 Å². The van der Waals surface area contributed by atoms with Crippen LogP contribution in [0.1, 0.15) is 5.56 Å². The Labute approximate surface area is 123 Å². The molecule has 2 aromatic carbocycles. The summed E-state index contributed by atoms with van der Waals surface area (Å²) < 4.78 is 5.63. The van der Waals surface area contributed by atoms with Crippen molar-refractivity contribution in [2.45, 2.75) is 0 Å². The van der Waals surface area contributed by atoms with E-state index in [0.717, 1.165) is 0 Å². The van der Waals surface area contributed by atoms with E-state index in [1.165, 1.54) is 0 Å². The third-order valence-corrected chi connectivity index (χ3v) is 2.74. The summed E-state index contributed by atoms with van der Waals surface area (Å²) in [6.07, 6.45) is 3.45. The van der Waals surface area contributed by atoms with Crippen molar-refractivity contribution < 1.29 is 9.66 Å². The Balaban J connectivity index is 2.41. The number of hydrogen-bond donors (Lipinski definition) is 0. The summed E-state index contributed by atoms with van der Waals surface area (Å²) >= 11 is 0. The Kier molecular flexibility index (Phi) is 4.56. The molecule has 0 spiro atoms. The van der Waals surface area contributed by atoms with E-state index in [-0.39, 0.29) is 11.4 Å². The standard InChI is InChI=1S/C16H16N2O3/c1-17(2)12-11-13-7-6-10-15(16(13)18(19)20)21-14-8-4-3-5-9-14/h3-12H,1-2H3. The van der Waals surface area contributed by atoms with Crippen molar-refractivity contribution in [2.75, 3.05) is 14.1 Å². The highest BCUT2D eigenvalue weighted by atomic mass is 16.6. The van der Waals surface area contributed by atoms with E-state index < -0.39 is 4.92 Å². The molecule has 0 amide bonds. The zero-order chi connectivity index (χ0) is 15.2. The first-order chi connectivity index (χ1) is 10.1. The van der Waals surface area contributed by atoms with Gasteiger partial charge in [-0.1, -0.05) is 24.3 Å². The van der Waals surface area contributed by atoms with Crippen molar-refractivity contribution in [3.05, 3.63) is 70.4 Å². The third-order valence-electron chi connectivity index (χ3n) is 2.74. The number of nitrogens with zero attached hydrogens (tertiary/aromatic N) is 2. The summed E-state index contributed by atoms with van der Waals surface area (Å²) in [5.74, 6) is 0.793. The normalized spacial score (nSPS) is 10.6. The zero-order valence-corrected chi connectivity index (χ0v) is 11.9. The monoisotopic (exact) mass is 284 g/mol. The minimum absolute atomic E-state index is 0.0422. The first-order valence-electron chi connectivity index (χ1n) is 6.43. The summed E-state index contributed by atoms with van der Waals surface area (Å²) in [6.45, 7) is 0. The lowest BCUT2D eigenvalue weighted by Crippen LogP contribution is -2.01. The highest BCUT2D eigenvalue weighted by molar-refractivity contribution is 5.66. The Morgan fingerprint density at radius 2 is 1.81 bits per heavy atom. The smallest absolute Gasteiger partial charge is 0.318 e. The molecule has 0 aromatic heterocycles. The molecule has 0 aliphatic heterocycles. The molecule has 0 bridgehead atoms. The maximum Gasteiger partial charge on any atom is 0.318 e. The summed E-state index contributed by atoms with van der Waals surface area (Å²) in [6, 6.07) is 14.0. The zero-order valence-electron chi connectivity index (χ0n) is 11.9. The SMILES string of the molecule is CN(C)C=Cc1cccc(Oc2ccccc2)c1[N+](=O)[O-]. The molecule has 108 valence electrons. The van der Waals surface area contributed by atoms with Gasteiger partial charge in [-0.2, -0.15) is 0 Å². The van der Waals surface area contributed by atoms with Gasteiger partial charge in [0, 0.05) is 14.1 Å². The van der Waals surface area contributed by atoms with Crippen LogP contribution >= 0.6 is 0 Å². The molecule has 2 rings (SSSR count). The van der Waals surface area contributed by atoms with E-state index in [4.69, 9.17) is 4.74 Å². The summed E-state index contributed by atoms with van der Waals surface area (Å²) in [7, 11) is 3.71. The molecule has 0 aliphatic carbocycles. The van der Waals surface area contributed by atoms with Gasteiger partial charge in [-0.05, 0) is 36.5 Å². The predicted molar refractivity (Wildman–Crippen MR) is 82.3 cm³/mol. The van der Waals surface area contributed by atoms with Crippen LogP contribution in [0.5, 0.6) is 11.5 Å². The van der Waals surface area contributed by atoms with Crippen LogP contribution in [0.15, 0.2) is 54.7 Å². The highest BCUT2D eigenvalue weighted by Crippen LogP contribution is 2.34. The molecule has 0 N–H and O–H groups in total. The van der Waals surface area contributed by atoms with Gasteiger partial charge in [0.15, 0.2) is 0 Å². The Hall–Kier alpha value is -2.82. The van der Waals surface area contributed by atoms with Crippen LogP contribution < -0.4 is 4.74 Å². The topological polar surface area (TPSA) is 55.6 Å². The first-order valence-corrected chi connectivity index (χ1v) is 6.43. The molecule has 0 atom stereocenters. The van der Waals surface area contributed by atoms with Crippen LogP contribution in [-0.4, -0.2) is 23.9 Å². The van der Waals surface area contributed by atoms with Crippen molar-refractivity contribution in [1.82, 2.24) is 4.90 Å². The van der Waals surface area contributed by atoms with Gasteiger partial charge >= 0.3 is 5.69 Å². The number of para-hydroxylation sites is 2. The molecule has 0 unspecified atom stereocenters. The van der Waals surface area contributed by atoms with Gasteiger partial charge in [0.25, 0.3) is 0 Å². The Morgan fingerprint density at radius 3 is 2.43 bits per heavy atom. The largest absolute Gasteiger partial charge is 0.450 e. The predicted octanol–water partition coefficient (Wildman–Crippen LogP) is 3.92. The number of benzene rings is 2. The maximum absolute atomic E-state index is 11.4. The minimum atomic E-state index is -0.423. The molecule has 0 saturated carbocycles. The second-order valence-corrected chi connectivity index (χ2v) is 4.65. The van der Waals surface area contributed by atoms with Gasteiger partial charge < -0.3 is 9.64 Å². The summed E-state index contributed by atoms with van der Waals surface area (Å²) in [4.78, 5) is 12.7. The summed E-state index contributed by atoms with van der Waals surface area (Å²) in [5, 5.41) is 11.4. The molecule has 2 aromatic rings. The van der Waals surface area contributed by atoms with E-state index in [1.807, 2.05) is 37.2 Å². The fourth-order valence-corrected chi connectivity index (χ4v) is 1.80. The first kappa shape index (κ1) is 14.6. The minimum Gasteiger partial charge on any atom is -0.450 e. The lowest BCUT2D eigenvalue weighted by atomic mass is 10.1. The van der Waals surface area contributed by atoms with Crippen LogP contribution in [0.25, 0.3) is 6.08 Å². The van der Waals surface area contributed by atoms with E-state index >= 15 is 0 Å². The van der Waals surface area contributed by atoms with Crippen molar-refractivity contribution in [3.63, 3.8) is 0 Å². The van der Waals surface area contributed by atoms with E-state index in [1.54, 1.807) is 42.6 Å². The number of rotatable bonds is 5. The Morgan fingerprint density at radius 1 is 1.10 bits per heavy atom. The molecular formula is C16H16N2O3. The van der Waals surface area contributed by atoms with Gasteiger partial charge in [-0.25, -0.2) is 0 Å². The number of ether oxygens (including phenoxy) is 1.